The molecule has 2 atom stereocenters. The lowest BCUT2D eigenvalue weighted by atomic mass is 10.0. The molecular weight excluding hydrogens is 266 g/mol. The van der Waals surface area contributed by atoms with Gasteiger partial charge < -0.3 is 14.6 Å². The van der Waals surface area contributed by atoms with Crippen molar-refractivity contribution in [2.45, 2.75) is 46.4 Å². The van der Waals surface area contributed by atoms with Crippen LogP contribution >= 0.6 is 0 Å². The molecule has 0 amide bonds. The Morgan fingerprint density at radius 1 is 1.24 bits per heavy atom. The van der Waals surface area contributed by atoms with Gasteiger partial charge in [-0.25, -0.2) is 0 Å². The average Bonchev–Trinajstić information content (AvgIpc) is 2.46. The first-order valence-corrected chi connectivity index (χ1v) is 7.70. The van der Waals surface area contributed by atoms with Crippen LogP contribution in [0.3, 0.4) is 0 Å². The van der Waals surface area contributed by atoms with Crippen molar-refractivity contribution in [2.75, 3.05) is 26.9 Å². The van der Waals surface area contributed by atoms with E-state index in [9.17, 15) is 5.11 Å². The quantitative estimate of drug-likeness (QED) is 0.760. The van der Waals surface area contributed by atoms with Gasteiger partial charge in [-0.2, -0.15) is 0 Å². The summed E-state index contributed by atoms with van der Waals surface area (Å²) >= 11 is 0. The Morgan fingerprint density at radius 3 is 2.48 bits per heavy atom. The van der Waals surface area contributed by atoms with Gasteiger partial charge >= 0.3 is 0 Å². The maximum absolute atomic E-state index is 9.78. The number of nitrogens with zero attached hydrogens (tertiary/aromatic N) is 1. The maximum atomic E-state index is 9.78. The average molecular weight is 295 g/mol. The zero-order valence-electron chi connectivity index (χ0n) is 13.9. The number of ether oxygens (including phenoxy) is 2. The second-order valence-corrected chi connectivity index (χ2v) is 5.34. The molecule has 1 aromatic rings. The number of hydrogen-bond donors (Lipinski definition) is 1. The van der Waals surface area contributed by atoms with Gasteiger partial charge in [0.05, 0.1) is 19.3 Å². The maximum Gasteiger partial charge on any atom is 0.123 e. The van der Waals surface area contributed by atoms with E-state index in [1.54, 1.807) is 14.0 Å². The molecule has 0 bridgehead atoms. The first-order valence-electron chi connectivity index (χ1n) is 7.70. The smallest absolute Gasteiger partial charge is 0.123 e. The van der Waals surface area contributed by atoms with Crippen LogP contribution in [0.15, 0.2) is 18.2 Å². The molecule has 0 aromatic heterocycles. The number of aliphatic hydroxyl groups is 1. The van der Waals surface area contributed by atoms with Crippen LogP contribution < -0.4 is 4.74 Å². The number of benzene rings is 1. The van der Waals surface area contributed by atoms with Crippen LogP contribution in [-0.4, -0.2) is 42.9 Å². The molecule has 0 aliphatic carbocycles. The van der Waals surface area contributed by atoms with E-state index in [1.165, 1.54) is 0 Å². The largest absolute Gasteiger partial charge is 0.494 e. The van der Waals surface area contributed by atoms with E-state index in [-0.39, 0.29) is 0 Å². The van der Waals surface area contributed by atoms with Crippen molar-refractivity contribution in [3.8, 4) is 5.75 Å². The molecule has 4 nitrogen and oxygen atoms in total. The summed E-state index contributed by atoms with van der Waals surface area (Å²) in [7, 11) is 1.73. The van der Waals surface area contributed by atoms with Crippen molar-refractivity contribution in [3.05, 3.63) is 29.3 Å². The van der Waals surface area contributed by atoms with Gasteiger partial charge in [0, 0.05) is 25.3 Å². The molecule has 0 spiro atoms. The van der Waals surface area contributed by atoms with Crippen LogP contribution in [-0.2, 0) is 11.3 Å². The van der Waals surface area contributed by atoms with E-state index in [2.05, 4.69) is 18.7 Å². The van der Waals surface area contributed by atoms with Crippen molar-refractivity contribution >= 4 is 0 Å². The lowest BCUT2D eigenvalue weighted by Gasteiger charge is -2.28. The fourth-order valence-corrected chi connectivity index (χ4v) is 2.42. The summed E-state index contributed by atoms with van der Waals surface area (Å²) in [5.41, 5.74) is 2.03. The van der Waals surface area contributed by atoms with Crippen LogP contribution in [0.5, 0.6) is 5.75 Å². The molecule has 0 radical (unpaired) electrons. The van der Waals surface area contributed by atoms with Gasteiger partial charge in [0.1, 0.15) is 5.75 Å². The van der Waals surface area contributed by atoms with E-state index in [0.717, 1.165) is 30.0 Å². The molecule has 21 heavy (non-hydrogen) atoms. The molecule has 1 rings (SSSR count). The third-order valence-corrected chi connectivity index (χ3v) is 3.68. The SMILES string of the molecule is CCOc1ccc(C(C)O)cc1CN(CC)C(C)COC. The predicted molar refractivity (Wildman–Crippen MR) is 85.7 cm³/mol. The van der Waals surface area contributed by atoms with E-state index in [0.29, 0.717) is 19.3 Å². The first kappa shape index (κ1) is 18.0. The fraction of sp³-hybridized carbons (Fsp3) is 0.647. The second kappa shape index (κ2) is 9.03. The number of methoxy groups -OCH3 is 1. The summed E-state index contributed by atoms with van der Waals surface area (Å²) in [5, 5.41) is 9.78. The Bertz CT molecular complexity index is 420. The Balaban J connectivity index is 2.98. The monoisotopic (exact) mass is 295 g/mol. The zero-order chi connectivity index (χ0) is 15.8. The Labute approximate surface area is 128 Å². The molecule has 0 saturated carbocycles. The highest BCUT2D eigenvalue weighted by Crippen LogP contribution is 2.25. The van der Waals surface area contributed by atoms with Crippen LogP contribution in [0.25, 0.3) is 0 Å². The van der Waals surface area contributed by atoms with Gasteiger partial charge in [-0.1, -0.05) is 13.0 Å². The number of likely N-dealkylation sites (N-methyl/N-ethyl adjacent to an activating group) is 1. The summed E-state index contributed by atoms with van der Waals surface area (Å²) in [6.07, 6.45) is -0.467. The fourth-order valence-electron chi connectivity index (χ4n) is 2.42. The minimum Gasteiger partial charge on any atom is -0.494 e. The van der Waals surface area contributed by atoms with Gasteiger partial charge in [0.25, 0.3) is 0 Å². The van der Waals surface area contributed by atoms with E-state index in [4.69, 9.17) is 9.47 Å². The van der Waals surface area contributed by atoms with Gasteiger partial charge in [-0.15, -0.1) is 0 Å². The third kappa shape index (κ3) is 5.30. The minimum atomic E-state index is -0.467. The predicted octanol–water partition coefficient (Wildman–Crippen LogP) is 3.00. The van der Waals surface area contributed by atoms with Crippen molar-refractivity contribution in [1.82, 2.24) is 4.90 Å². The molecule has 0 heterocycles. The molecule has 0 aliphatic heterocycles. The molecular formula is C17H29NO3. The van der Waals surface area contributed by atoms with E-state index >= 15 is 0 Å². The number of hydrogen-bond acceptors (Lipinski definition) is 4. The molecule has 0 aliphatic rings. The highest BCUT2D eigenvalue weighted by molar-refractivity contribution is 5.38. The molecule has 1 aromatic carbocycles. The van der Waals surface area contributed by atoms with Gasteiger partial charge in [0.2, 0.25) is 0 Å². The van der Waals surface area contributed by atoms with E-state index in [1.807, 2.05) is 25.1 Å². The highest BCUT2D eigenvalue weighted by atomic mass is 16.5. The van der Waals surface area contributed by atoms with Crippen molar-refractivity contribution < 1.29 is 14.6 Å². The van der Waals surface area contributed by atoms with Crippen molar-refractivity contribution in [2.24, 2.45) is 0 Å². The lowest BCUT2D eigenvalue weighted by molar-refractivity contribution is 0.0974. The van der Waals surface area contributed by atoms with Gasteiger partial charge in [-0.3, -0.25) is 4.90 Å². The Hall–Kier alpha value is -1.10. The molecule has 120 valence electrons. The molecule has 0 saturated heterocycles. The molecule has 0 fully saturated rings. The molecule has 1 N–H and O–H groups in total. The molecule has 2 unspecified atom stereocenters. The zero-order valence-corrected chi connectivity index (χ0v) is 13.9. The lowest BCUT2D eigenvalue weighted by Crippen LogP contribution is -2.35. The standard InChI is InChI=1S/C17H29NO3/c1-6-18(13(3)12-20-5)11-16-10-15(14(4)19)8-9-17(16)21-7-2/h8-10,13-14,19H,6-7,11-12H2,1-5H3. The van der Waals surface area contributed by atoms with Crippen molar-refractivity contribution in [3.63, 3.8) is 0 Å². The van der Waals surface area contributed by atoms with Crippen LogP contribution in [0.4, 0.5) is 0 Å². The van der Waals surface area contributed by atoms with Crippen LogP contribution in [0.2, 0.25) is 0 Å². The summed E-state index contributed by atoms with van der Waals surface area (Å²) in [5.74, 6) is 0.893. The van der Waals surface area contributed by atoms with Gasteiger partial charge in [0.15, 0.2) is 0 Å². The minimum absolute atomic E-state index is 0.338. The highest BCUT2D eigenvalue weighted by Gasteiger charge is 2.16. The second-order valence-electron chi connectivity index (χ2n) is 5.34. The first-order chi connectivity index (χ1) is 10.0. The van der Waals surface area contributed by atoms with Crippen LogP contribution in [0, 0.1) is 0 Å². The van der Waals surface area contributed by atoms with Gasteiger partial charge in [-0.05, 0) is 45.0 Å². The summed E-state index contributed by atoms with van der Waals surface area (Å²) < 4.78 is 11.0. The Morgan fingerprint density at radius 2 is 1.95 bits per heavy atom. The number of rotatable bonds is 9. The number of aliphatic hydroxyl groups excluding tert-OH is 1. The van der Waals surface area contributed by atoms with Crippen LogP contribution in [0.1, 0.15) is 44.9 Å². The molecule has 4 heteroatoms. The third-order valence-electron chi connectivity index (χ3n) is 3.68. The normalized spacial score (nSPS) is 14.2. The van der Waals surface area contributed by atoms with E-state index < -0.39 is 6.10 Å². The van der Waals surface area contributed by atoms with Crippen molar-refractivity contribution in [1.29, 1.82) is 0 Å². The summed E-state index contributed by atoms with van der Waals surface area (Å²) in [4.78, 5) is 2.34. The summed E-state index contributed by atoms with van der Waals surface area (Å²) in [6, 6.07) is 6.26. The summed E-state index contributed by atoms with van der Waals surface area (Å²) in [6.45, 7) is 11.1. The Kier molecular flexibility index (Phi) is 7.72. The topological polar surface area (TPSA) is 41.9 Å².